The van der Waals surface area contributed by atoms with E-state index in [0.29, 0.717) is 12.8 Å². The number of fused-ring (bicyclic) bond motifs is 2. The van der Waals surface area contributed by atoms with Crippen molar-refractivity contribution in [2.24, 2.45) is 5.92 Å². The van der Waals surface area contributed by atoms with Gasteiger partial charge in [0.1, 0.15) is 5.76 Å². The number of hydrogen-bond donors (Lipinski definition) is 1. The van der Waals surface area contributed by atoms with Crippen molar-refractivity contribution in [2.45, 2.75) is 50.2 Å². The number of nitrogens with zero attached hydrogens (tertiary/aromatic N) is 1. The zero-order chi connectivity index (χ0) is 25.2. The fourth-order valence-corrected chi connectivity index (χ4v) is 7.79. The van der Waals surface area contributed by atoms with Gasteiger partial charge in [-0.1, -0.05) is 30.8 Å². The van der Waals surface area contributed by atoms with Crippen LogP contribution in [0.1, 0.15) is 38.7 Å². The molecule has 0 bridgehead atoms. The molecule has 2 aliphatic heterocycles. The van der Waals surface area contributed by atoms with Crippen molar-refractivity contribution in [3.8, 4) is 0 Å². The quantitative estimate of drug-likeness (QED) is 0.349. The molecule has 0 aromatic heterocycles. The Hall–Kier alpha value is -1.87. The third-order valence-electron chi connectivity index (χ3n) is 6.45. The lowest BCUT2D eigenvalue weighted by molar-refractivity contribution is 0.301. The van der Waals surface area contributed by atoms with Crippen molar-refractivity contribution in [1.82, 2.24) is 0 Å². The van der Waals surface area contributed by atoms with E-state index in [1.54, 1.807) is 7.11 Å². The van der Waals surface area contributed by atoms with Crippen LogP contribution in [0.3, 0.4) is 0 Å². The van der Waals surface area contributed by atoms with E-state index in [1.807, 2.05) is 29.6 Å². The summed E-state index contributed by atoms with van der Waals surface area (Å²) in [6.45, 7) is 7.39. The van der Waals surface area contributed by atoms with Crippen molar-refractivity contribution in [3.05, 3.63) is 81.0 Å². The molecule has 0 fully saturated rings. The van der Waals surface area contributed by atoms with Crippen LogP contribution in [-0.4, -0.2) is 37.6 Å². The number of benzene rings is 1. The number of allylic oxidation sites excluding steroid dienone is 6. The molecule has 0 saturated carbocycles. The maximum atomic E-state index is 11.3. The van der Waals surface area contributed by atoms with E-state index in [2.05, 4.69) is 68.2 Å². The summed E-state index contributed by atoms with van der Waals surface area (Å²) in [5.74, 6) is 0.770. The largest absolute Gasteiger partial charge is 0.497 e. The molecule has 8 heteroatoms. The first-order valence-electron chi connectivity index (χ1n) is 12.0. The van der Waals surface area contributed by atoms with Crippen molar-refractivity contribution < 1.29 is 17.7 Å². The van der Waals surface area contributed by atoms with Crippen LogP contribution in [-0.2, 0) is 14.9 Å². The maximum Gasteiger partial charge on any atom is 0.264 e. The van der Waals surface area contributed by atoms with E-state index in [4.69, 9.17) is 4.74 Å². The zero-order valence-electron chi connectivity index (χ0n) is 20.7. The molecule has 4 rings (SSSR count). The molecule has 2 atom stereocenters. The summed E-state index contributed by atoms with van der Waals surface area (Å²) in [6, 6.07) is 6.62. The highest BCUT2D eigenvalue weighted by atomic mass is 32.2. The molecule has 1 aliphatic carbocycles. The normalized spacial score (nSPS) is 23.1. The summed E-state index contributed by atoms with van der Waals surface area (Å²) in [5, 5.41) is 1.50. The van der Waals surface area contributed by atoms with Crippen LogP contribution in [0.15, 0.2) is 80.3 Å². The van der Waals surface area contributed by atoms with E-state index in [9.17, 15) is 13.0 Å². The standard InChI is InChI=1S/C27H33NO4S3/c1-5-19(16-27-28(6-2)23-14-18(3)9-11-25(23)34-27)15-26-21(8-7-13-35(29,30)31)22-17-20(32-4)10-12-24(22)33-26/h9-12,14-17,22,24H,5-8,13H2,1-4H3,(H,29,30,31)/b19-15+,27-16-. The Morgan fingerprint density at radius 3 is 2.77 bits per heavy atom. The molecule has 2 heterocycles. The van der Waals surface area contributed by atoms with Crippen LogP contribution in [0.5, 0.6) is 0 Å². The van der Waals surface area contributed by atoms with Gasteiger partial charge in [0.15, 0.2) is 0 Å². The van der Waals surface area contributed by atoms with Crippen LogP contribution in [0.4, 0.5) is 5.69 Å². The SMILES string of the molecule is CCC(/C=C1\Sc2ccc(C)cc2N1CC)=C\C1=C(CCCS(=O)(=O)O)C2C=C(OC)C=CC2S1. The Balaban J connectivity index is 1.67. The number of methoxy groups -OCH3 is 1. The molecule has 1 N–H and O–H groups in total. The molecule has 1 aromatic rings. The predicted molar refractivity (Wildman–Crippen MR) is 148 cm³/mol. The van der Waals surface area contributed by atoms with E-state index < -0.39 is 10.1 Å². The highest BCUT2D eigenvalue weighted by molar-refractivity contribution is 8.04. The number of aryl methyl sites for hydroxylation is 1. The third kappa shape index (κ3) is 6.10. The summed E-state index contributed by atoms with van der Waals surface area (Å²) in [7, 11) is -2.31. The van der Waals surface area contributed by atoms with Gasteiger partial charge >= 0.3 is 0 Å². The smallest absolute Gasteiger partial charge is 0.264 e. The summed E-state index contributed by atoms with van der Waals surface area (Å²) in [6.07, 6.45) is 12.8. The van der Waals surface area contributed by atoms with Crippen molar-refractivity contribution in [2.75, 3.05) is 24.3 Å². The minimum absolute atomic E-state index is 0.165. The molecule has 188 valence electrons. The van der Waals surface area contributed by atoms with Gasteiger partial charge in [0.2, 0.25) is 0 Å². The minimum Gasteiger partial charge on any atom is -0.497 e. The fourth-order valence-electron chi connectivity index (χ4n) is 4.65. The molecule has 0 amide bonds. The van der Waals surface area contributed by atoms with Gasteiger partial charge in [-0.3, -0.25) is 4.55 Å². The molecular formula is C27H33NO4S3. The third-order valence-corrected chi connectivity index (χ3v) is 9.72. The van der Waals surface area contributed by atoms with E-state index in [1.165, 1.54) is 37.2 Å². The molecule has 2 unspecified atom stereocenters. The van der Waals surface area contributed by atoms with Crippen LogP contribution < -0.4 is 4.90 Å². The van der Waals surface area contributed by atoms with Gasteiger partial charge in [-0.15, -0.1) is 11.8 Å². The van der Waals surface area contributed by atoms with Crippen molar-refractivity contribution in [1.29, 1.82) is 0 Å². The Kier molecular flexibility index (Phi) is 8.26. The van der Waals surface area contributed by atoms with E-state index in [-0.39, 0.29) is 16.9 Å². The topological polar surface area (TPSA) is 66.8 Å². The Bertz CT molecular complexity index is 1240. The number of rotatable bonds is 9. The van der Waals surface area contributed by atoms with Gasteiger partial charge in [-0.2, -0.15) is 8.42 Å². The molecule has 5 nitrogen and oxygen atoms in total. The molecule has 3 aliphatic rings. The van der Waals surface area contributed by atoms with Gasteiger partial charge in [0, 0.05) is 27.5 Å². The second kappa shape index (κ2) is 11.0. The summed E-state index contributed by atoms with van der Waals surface area (Å²) in [5.41, 5.74) is 4.99. The second-order valence-corrected chi connectivity index (χ2v) is 12.7. The summed E-state index contributed by atoms with van der Waals surface area (Å²) in [4.78, 5) is 4.85. The van der Waals surface area contributed by atoms with E-state index in [0.717, 1.165) is 18.7 Å². The predicted octanol–water partition coefficient (Wildman–Crippen LogP) is 6.86. The number of anilines is 1. The number of ether oxygens (including phenoxy) is 1. The minimum atomic E-state index is -3.98. The molecule has 35 heavy (non-hydrogen) atoms. The summed E-state index contributed by atoms with van der Waals surface area (Å²) >= 11 is 3.64. The lowest BCUT2D eigenvalue weighted by Crippen LogP contribution is -2.16. The maximum absolute atomic E-state index is 11.3. The molecule has 0 radical (unpaired) electrons. The lowest BCUT2D eigenvalue weighted by Gasteiger charge is -2.20. The van der Waals surface area contributed by atoms with Crippen molar-refractivity contribution in [3.63, 3.8) is 0 Å². The van der Waals surface area contributed by atoms with Gasteiger partial charge in [-0.25, -0.2) is 0 Å². The van der Waals surface area contributed by atoms with Gasteiger partial charge < -0.3 is 9.64 Å². The first-order valence-corrected chi connectivity index (χ1v) is 15.3. The number of thioether (sulfide) groups is 2. The second-order valence-electron chi connectivity index (χ2n) is 8.89. The lowest BCUT2D eigenvalue weighted by atomic mass is 9.88. The first kappa shape index (κ1) is 26.2. The van der Waals surface area contributed by atoms with Gasteiger partial charge in [-0.05, 0) is 86.3 Å². The molecule has 0 saturated heterocycles. The molecular weight excluding hydrogens is 499 g/mol. The highest BCUT2D eigenvalue weighted by Crippen LogP contribution is 2.49. The average Bonchev–Trinajstić information content (AvgIpc) is 3.33. The first-order chi connectivity index (χ1) is 16.7. The average molecular weight is 532 g/mol. The van der Waals surface area contributed by atoms with Crippen LogP contribution in [0.2, 0.25) is 0 Å². The molecule has 1 aromatic carbocycles. The molecule has 0 spiro atoms. The van der Waals surface area contributed by atoms with Crippen LogP contribution in [0, 0.1) is 12.8 Å². The fraction of sp³-hybridized carbons (Fsp3) is 0.407. The monoisotopic (exact) mass is 531 g/mol. The van der Waals surface area contributed by atoms with Crippen molar-refractivity contribution >= 4 is 39.3 Å². The Labute approximate surface area is 217 Å². The highest BCUT2D eigenvalue weighted by Gasteiger charge is 2.34. The zero-order valence-corrected chi connectivity index (χ0v) is 23.1. The Morgan fingerprint density at radius 2 is 2.09 bits per heavy atom. The summed E-state index contributed by atoms with van der Waals surface area (Å²) < 4.78 is 37.3. The van der Waals surface area contributed by atoms with Crippen LogP contribution in [0.25, 0.3) is 0 Å². The number of hydrogen-bond acceptors (Lipinski definition) is 6. The van der Waals surface area contributed by atoms with Crippen LogP contribution >= 0.6 is 23.5 Å². The van der Waals surface area contributed by atoms with Gasteiger partial charge in [0.05, 0.1) is 23.6 Å². The Morgan fingerprint density at radius 1 is 1.29 bits per heavy atom. The van der Waals surface area contributed by atoms with E-state index >= 15 is 0 Å². The van der Waals surface area contributed by atoms with Gasteiger partial charge in [0.25, 0.3) is 10.1 Å².